The van der Waals surface area contributed by atoms with E-state index in [-0.39, 0.29) is 5.97 Å². The minimum absolute atomic E-state index is 0.280. The number of carbonyl (C=O) groups excluding carboxylic acids is 1. The number of nitrogens with zero attached hydrogens (tertiary/aromatic N) is 3. The van der Waals surface area contributed by atoms with Crippen LogP contribution in [0.4, 0.5) is 5.95 Å². The third kappa shape index (κ3) is 3.87. The standard InChI is InChI=1S/C15H23ClN4O2/c1-9-10(2)18-14(19-12(9)16)20-7-6-17-8-11(20)13(21)22-15(3,4)5/h11,17H,6-8H2,1-5H3. The number of aryl methyl sites for hydroxylation is 1. The number of hydrogen-bond donors (Lipinski definition) is 1. The molecule has 0 aromatic carbocycles. The molecule has 1 saturated heterocycles. The summed E-state index contributed by atoms with van der Waals surface area (Å²) in [5.74, 6) is 0.197. The van der Waals surface area contributed by atoms with Crippen molar-refractivity contribution in [3.8, 4) is 0 Å². The number of rotatable bonds is 2. The summed E-state index contributed by atoms with van der Waals surface area (Å²) in [6.07, 6.45) is 0. The number of halogens is 1. The van der Waals surface area contributed by atoms with E-state index < -0.39 is 11.6 Å². The van der Waals surface area contributed by atoms with Gasteiger partial charge in [-0.25, -0.2) is 14.8 Å². The topological polar surface area (TPSA) is 67.4 Å². The second-order valence-electron chi connectivity index (χ2n) is 6.47. The molecule has 1 aromatic rings. The number of esters is 1. The summed E-state index contributed by atoms with van der Waals surface area (Å²) in [6, 6.07) is -0.453. The average Bonchev–Trinajstić information content (AvgIpc) is 2.42. The molecule has 0 spiro atoms. The highest BCUT2D eigenvalue weighted by atomic mass is 35.5. The van der Waals surface area contributed by atoms with Gasteiger partial charge in [0.05, 0.1) is 0 Å². The first-order valence-electron chi connectivity index (χ1n) is 7.40. The summed E-state index contributed by atoms with van der Waals surface area (Å²) in [7, 11) is 0. The van der Waals surface area contributed by atoms with Gasteiger partial charge in [-0.15, -0.1) is 0 Å². The van der Waals surface area contributed by atoms with E-state index in [4.69, 9.17) is 16.3 Å². The normalized spacial score (nSPS) is 19.2. The van der Waals surface area contributed by atoms with Gasteiger partial charge >= 0.3 is 5.97 Å². The number of piperazine rings is 1. The lowest BCUT2D eigenvalue weighted by atomic mass is 10.1. The van der Waals surface area contributed by atoms with Gasteiger partial charge in [-0.1, -0.05) is 11.6 Å². The molecular formula is C15H23ClN4O2. The second-order valence-corrected chi connectivity index (χ2v) is 6.83. The number of nitrogens with one attached hydrogen (secondary N) is 1. The van der Waals surface area contributed by atoms with Crippen molar-refractivity contribution in [2.24, 2.45) is 0 Å². The van der Waals surface area contributed by atoms with Gasteiger partial charge < -0.3 is 15.0 Å². The Labute approximate surface area is 136 Å². The van der Waals surface area contributed by atoms with E-state index in [9.17, 15) is 4.79 Å². The molecule has 1 fully saturated rings. The van der Waals surface area contributed by atoms with Gasteiger partial charge in [0.25, 0.3) is 0 Å². The van der Waals surface area contributed by atoms with Crippen LogP contribution in [0.1, 0.15) is 32.0 Å². The molecule has 1 atom stereocenters. The largest absolute Gasteiger partial charge is 0.458 e. The van der Waals surface area contributed by atoms with E-state index in [0.29, 0.717) is 24.2 Å². The van der Waals surface area contributed by atoms with Gasteiger partial charge in [0.15, 0.2) is 0 Å². The van der Waals surface area contributed by atoms with Crippen molar-refractivity contribution in [3.05, 3.63) is 16.4 Å². The van der Waals surface area contributed by atoms with Gasteiger partial charge in [-0.05, 0) is 34.6 Å². The monoisotopic (exact) mass is 326 g/mol. The summed E-state index contributed by atoms with van der Waals surface area (Å²) in [5, 5.41) is 3.63. The molecule has 122 valence electrons. The maximum atomic E-state index is 12.4. The van der Waals surface area contributed by atoms with E-state index in [1.807, 2.05) is 39.5 Å². The highest BCUT2D eigenvalue weighted by Gasteiger charge is 2.34. The first-order valence-corrected chi connectivity index (χ1v) is 7.78. The smallest absolute Gasteiger partial charge is 0.330 e. The van der Waals surface area contributed by atoms with Crippen molar-refractivity contribution in [1.82, 2.24) is 15.3 Å². The molecule has 0 aliphatic carbocycles. The zero-order valence-corrected chi connectivity index (χ0v) is 14.5. The molecule has 1 unspecified atom stereocenters. The Morgan fingerprint density at radius 2 is 2.05 bits per heavy atom. The van der Waals surface area contributed by atoms with Crippen LogP contribution in [-0.4, -0.2) is 47.2 Å². The summed E-state index contributed by atoms with van der Waals surface area (Å²) in [6.45, 7) is 11.2. The minimum atomic E-state index is -0.526. The van der Waals surface area contributed by atoms with Gasteiger partial charge in [0, 0.05) is 30.9 Å². The Hall–Kier alpha value is -1.40. The Kier molecular flexibility index (Phi) is 4.92. The fraction of sp³-hybridized carbons (Fsp3) is 0.667. The molecular weight excluding hydrogens is 304 g/mol. The van der Waals surface area contributed by atoms with Gasteiger partial charge in [0.1, 0.15) is 16.8 Å². The molecule has 6 nitrogen and oxygen atoms in total. The van der Waals surface area contributed by atoms with Crippen LogP contribution in [0.25, 0.3) is 0 Å². The maximum absolute atomic E-state index is 12.4. The Bertz CT molecular complexity index is 548. The van der Waals surface area contributed by atoms with E-state index in [1.165, 1.54) is 0 Å². The predicted molar refractivity (Wildman–Crippen MR) is 86.4 cm³/mol. The first kappa shape index (κ1) is 17.0. The summed E-state index contributed by atoms with van der Waals surface area (Å²) in [5.41, 5.74) is 1.15. The van der Waals surface area contributed by atoms with Gasteiger partial charge in [0.2, 0.25) is 5.95 Å². The lowest BCUT2D eigenvalue weighted by molar-refractivity contribution is -0.156. The quantitative estimate of drug-likeness (QED) is 0.661. The molecule has 2 rings (SSSR count). The van der Waals surface area contributed by atoms with Crippen LogP contribution in [0, 0.1) is 13.8 Å². The second kappa shape index (κ2) is 6.38. The van der Waals surface area contributed by atoms with Crippen LogP contribution in [0.15, 0.2) is 0 Å². The third-order valence-corrected chi connectivity index (χ3v) is 3.87. The van der Waals surface area contributed by atoms with Crippen molar-refractivity contribution < 1.29 is 9.53 Å². The molecule has 0 saturated carbocycles. The summed E-state index contributed by atoms with van der Waals surface area (Å²) >= 11 is 6.16. The van der Waals surface area contributed by atoms with E-state index in [2.05, 4.69) is 15.3 Å². The lowest BCUT2D eigenvalue weighted by Crippen LogP contribution is -2.57. The molecule has 1 aromatic heterocycles. The number of ether oxygens (including phenoxy) is 1. The van der Waals surface area contributed by atoms with Crippen LogP contribution in [0.5, 0.6) is 0 Å². The maximum Gasteiger partial charge on any atom is 0.330 e. The van der Waals surface area contributed by atoms with E-state index >= 15 is 0 Å². The molecule has 7 heteroatoms. The number of carbonyl (C=O) groups is 1. The van der Waals surface area contributed by atoms with Crippen molar-refractivity contribution in [2.75, 3.05) is 24.5 Å². The molecule has 22 heavy (non-hydrogen) atoms. The molecule has 0 bridgehead atoms. The SMILES string of the molecule is Cc1nc(N2CCNCC2C(=O)OC(C)(C)C)nc(Cl)c1C. The zero-order valence-electron chi connectivity index (χ0n) is 13.7. The first-order chi connectivity index (χ1) is 10.2. The van der Waals surface area contributed by atoms with E-state index in [1.54, 1.807) is 0 Å². The fourth-order valence-corrected chi connectivity index (χ4v) is 2.44. The van der Waals surface area contributed by atoms with Gasteiger partial charge in [-0.3, -0.25) is 0 Å². The molecule has 2 heterocycles. The Balaban J connectivity index is 2.28. The van der Waals surface area contributed by atoms with Gasteiger partial charge in [-0.2, -0.15) is 0 Å². The summed E-state index contributed by atoms with van der Waals surface area (Å²) < 4.78 is 5.50. The number of aromatic nitrogens is 2. The van der Waals surface area contributed by atoms with Crippen LogP contribution >= 0.6 is 11.6 Å². The van der Waals surface area contributed by atoms with Crippen molar-refractivity contribution >= 4 is 23.5 Å². The van der Waals surface area contributed by atoms with Crippen LogP contribution < -0.4 is 10.2 Å². The lowest BCUT2D eigenvalue weighted by Gasteiger charge is -2.36. The molecule has 0 amide bonds. The summed E-state index contributed by atoms with van der Waals surface area (Å²) in [4.78, 5) is 23.1. The van der Waals surface area contributed by atoms with Crippen molar-refractivity contribution in [3.63, 3.8) is 0 Å². The third-order valence-electron chi connectivity index (χ3n) is 3.50. The van der Waals surface area contributed by atoms with Crippen molar-refractivity contribution in [1.29, 1.82) is 0 Å². The van der Waals surface area contributed by atoms with E-state index in [0.717, 1.165) is 17.8 Å². The molecule has 0 radical (unpaired) electrons. The highest BCUT2D eigenvalue weighted by Crippen LogP contribution is 2.22. The Morgan fingerprint density at radius 3 is 2.64 bits per heavy atom. The zero-order chi connectivity index (χ0) is 16.5. The van der Waals surface area contributed by atoms with Crippen LogP contribution in [-0.2, 0) is 9.53 Å². The molecule has 1 aliphatic heterocycles. The highest BCUT2D eigenvalue weighted by molar-refractivity contribution is 6.30. The predicted octanol–water partition coefficient (Wildman–Crippen LogP) is 1.87. The minimum Gasteiger partial charge on any atom is -0.458 e. The molecule has 1 aliphatic rings. The fourth-order valence-electron chi connectivity index (χ4n) is 2.23. The van der Waals surface area contributed by atoms with Crippen molar-refractivity contribution in [2.45, 2.75) is 46.3 Å². The molecule has 1 N–H and O–H groups in total. The Morgan fingerprint density at radius 1 is 1.36 bits per heavy atom. The van der Waals surface area contributed by atoms with Crippen LogP contribution in [0.2, 0.25) is 5.15 Å². The average molecular weight is 327 g/mol. The van der Waals surface area contributed by atoms with Crippen LogP contribution in [0.3, 0.4) is 0 Å². The number of anilines is 1. The number of hydrogen-bond acceptors (Lipinski definition) is 6.